The first-order chi connectivity index (χ1) is 13.0. The standard InChI is InChI=1S/C21H28N2O2S2/c1-4-10-23(11-5-2)21(25)18-15-9-8-14(3)13-17(15)27-20(18)22-19(24)16-7-6-12-26-16/h6-7,12,14H,4-5,8-11,13H2,1-3H3,(H,22,24)/t14-/m1/s1. The Hall–Kier alpha value is -1.66. The molecule has 2 amide bonds. The monoisotopic (exact) mass is 404 g/mol. The van der Waals surface area contributed by atoms with Crippen molar-refractivity contribution in [3.05, 3.63) is 38.4 Å². The zero-order chi connectivity index (χ0) is 19.4. The summed E-state index contributed by atoms with van der Waals surface area (Å²) in [7, 11) is 0. The van der Waals surface area contributed by atoms with Crippen molar-refractivity contribution in [2.75, 3.05) is 18.4 Å². The number of hydrogen-bond acceptors (Lipinski definition) is 4. The fraction of sp³-hybridized carbons (Fsp3) is 0.524. The number of rotatable bonds is 7. The number of carbonyl (C=O) groups excluding carboxylic acids is 2. The van der Waals surface area contributed by atoms with Gasteiger partial charge in [0.15, 0.2) is 0 Å². The number of amides is 2. The number of fused-ring (bicyclic) bond motifs is 1. The van der Waals surface area contributed by atoms with E-state index < -0.39 is 0 Å². The van der Waals surface area contributed by atoms with Crippen molar-refractivity contribution in [2.24, 2.45) is 5.92 Å². The van der Waals surface area contributed by atoms with Crippen molar-refractivity contribution in [3.63, 3.8) is 0 Å². The first-order valence-corrected chi connectivity index (χ1v) is 11.5. The largest absolute Gasteiger partial charge is 0.339 e. The van der Waals surface area contributed by atoms with Crippen molar-refractivity contribution in [1.29, 1.82) is 0 Å². The highest BCUT2D eigenvalue weighted by molar-refractivity contribution is 7.17. The third-order valence-corrected chi connectivity index (χ3v) is 7.01. The van der Waals surface area contributed by atoms with Gasteiger partial charge in [0.1, 0.15) is 5.00 Å². The van der Waals surface area contributed by atoms with Gasteiger partial charge in [-0.25, -0.2) is 0 Å². The van der Waals surface area contributed by atoms with E-state index in [1.54, 1.807) is 11.3 Å². The third-order valence-electron chi connectivity index (χ3n) is 4.97. The van der Waals surface area contributed by atoms with Gasteiger partial charge >= 0.3 is 0 Å². The molecule has 2 heterocycles. The van der Waals surface area contributed by atoms with Crippen LogP contribution < -0.4 is 5.32 Å². The molecule has 1 N–H and O–H groups in total. The van der Waals surface area contributed by atoms with Crippen LogP contribution in [0.2, 0.25) is 0 Å². The zero-order valence-electron chi connectivity index (χ0n) is 16.3. The lowest BCUT2D eigenvalue weighted by Crippen LogP contribution is -2.33. The van der Waals surface area contributed by atoms with Crippen molar-refractivity contribution in [2.45, 2.75) is 52.9 Å². The summed E-state index contributed by atoms with van der Waals surface area (Å²) in [6, 6.07) is 3.69. The van der Waals surface area contributed by atoms with Gasteiger partial charge < -0.3 is 10.2 Å². The second kappa shape index (κ2) is 9.02. The van der Waals surface area contributed by atoms with E-state index in [4.69, 9.17) is 0 Å². The van der Waals surface area contributed by atoms with E-state index in [0.717, 1.165) is 55.8 Å². The minimum atomic E-state index is -0.122. The van der Waals surface area contributed by atoms with Gasteiger partial charge in [0.05, 0.1) is 10.4 Å². The first kappa shape index (κ1) is 20.1. The average Bonchev–Trinajstić information content (AvgIpc) is 3.28. The first-order valence-electron chi connectivity index (χ1n) is 9.83. The van der Waals surface area contributed by atoms with E-state index in [-0.39, 0.29) is 11.8 Å². The summed E-state index contributed by atoms with van der Waals surface area (Å²) in [6.07, 6.45) is 4.90. The van der Waals surface area contributed by atoms with E-state index in [2.05, 4.69) is 26.1 Å². The average molecular weight is 405 g/mol. The number of anilines is 1. The molecular weight excluding hydrogens is 376 g/mol. The summed E-state index contributed by atoms with van der Waals surface area (Å²) >= 11 is 3.02. The van der Waals surface area contributed by atoms with E-state index in [0.29, 0.717) is 10.8 Å². The lowest BCUT2D eigenvalue weighted by Gasteiger charge is -2.24. The molecular formula is C21H28N2O2S2. The van der Waals surface area contributed by atoms with Crippen molar-refractivity contribution in [1.82, 2.24) is 4.90 Å². The summed E-state index contributed by atoms with van der Waals surface area (Å²) in [4.78, 5) is 29.9. The highest BCUT2D eigenvalue weighted by Gasteiger charge is 2.30. The zero-order valence-corrected chi connectivity index (χ0v) is 18.0. The molecule has 3 rings (SSSR count). The Balaban J connectivity index is 1.96. The van der Waals surface area contributed by atoms with E-state index in [1.807, 2.05) is 22.4 Å². The normalized spacial score (nSPS) is 16.0. The third kappa shape index (κ3) is 4.43. The summed E-state index contributed by atoms with van der Waals surface area (Å²) in [5.74, 6) is 0.581. The molecule has 0 fully saturated rings. The van der Waals surface area contributed by atoms with Gasteiger partial charge in [-0.15, -0.1) is 22.7 Å². The van der Waals surface area contributed by atoms with Crippen LogP contribution in [0.3, 0.4) is 0 Å². The van der Waals surface area contributed by atoms with Crippen LogP contribution in [0.5, 0.6) is 0 Å². The predicted octanol–water partition coefficient (Wildman–Crippen LogP) is 5.45. The molecule has 0 spiro atoms. The Morgan fingerprint density at radius 2 is 2.00 bits per heavy atom. The van der Waals surface area contributed by atoms with Crippen molar-refractivity contribution in [3.8, 4) is 0 Å². The molecule has 0 saturated heterocycles. The predicted molar refractivity (Wildman–Crippen MR) is 114 cm³/mol. The highest BCUT2D eigenvalue weighted by Crippen LogP contribution is 2.40. The number of hydrogen-bond donors (Lipinski definition) is 1. The molecule has 0 bridgehead atoms. The molecule has 2 aromatic heterocycles. The van der Waals surface area contributed by atoms with Crippen molar-refractivity contribution >= 4 is 39.5 Å². The van der Waals surface area contributed by atoms with E-state index in [1.165, 1.54) is 21.8 Å². The lowest BCUT2D eigenvalue weighted by atomic mass is 9.88. The van der Waals surface area contributed by atoms with E-state index >= 15 is 0 Å². The van der Waals surface area contributed by atoms with Gasteiger partial charge in [0, 0.05) is 18.0 Å². The molecule has 4 nitrogen and oxygen atoms in total. The Morgan fingerprint density at radius 3 is 2.63 bits per heavy atom. The van der Waals surface area contributed by atoms with Crippen LogP contribution in [0.15, 0.2) is 17.5 Å². The summed E-state index contributed by atoms with van der Waals surface area (Å²) in [6.45, 7) is 7.97. The number of thiophene rings is 2. The molecule has 0 saturated carbocycles. The maximum absolute atomic E-state index is 13.4. The fourth-order valence-electron chi connectivity index (χ4n) is 3.65. The Morgan fingerprint density at radius 1 is 1.26 bits per heavy atom. The second-order valence-electron chi connectivity index (χ2n) is 7.28. The van der Waals surface area contributed by atoms with Gasteiger partial charge in [-0.05, 0) is 55.0 Å². The molecule has 146 valence electrons. The Bertz CT molecular complexity index is 789. The molecule has 6 heteroatoms. The Labute approximate surface area is 169 Å². The molecule has 0 aliphatic heterocycles. The van der Waals surface area contributed by atoms with Crippen LogP contribution in [0.1, 0.15) is 70.5 Å². The number of carbonyl (C=O) groups is 2. The molecule has 27 heavy (non-hydrogen) atoms. The Kier molecular flexibility index (Phi) is 6.71. The summed E-state index contributed by atoms with van der Waals surface area (Å²) in [5.41, 5.74) is 1.91. The van der Waals surface area contributed by atoms with Gasteiger partial charge in [-0.2, -0.15) is 0 Å². The molecule has 0 aromatic carbocycles. The van der Waals surface area contributed by atoms with Crippen LogP contribution in [0, 0.1) is 5.92 Å². The van der Waals surface area contributed by atoms with Gasteiger partial charge in [-0.3, -0.25) is 9.59 Å². The maximum Gasteiger partial charge on any atom is 0.266 e. The highest BCUT2D eigenvalue weighted by atomic mass is 32.1. The number of nitrogens with zero attached hydrogens (tertiary/aromatic N) is 1. The van der Waals surface area contributed by atoms with Crippen LogP contribution in [-0.4, -0.2) is 29.8 Å². The van der Waals surface area contributed by atoms with Crippen LogP contribution in [0.25, 0.3) is 0 Å². The van der Waals surface area contributed by atoms with Gasteiger partial charge in [-0.1, -0.05) is 26.8 Å². The number of nitrogens with one attached hydrogen (secondary N) is 1. The SMILES string of the molecule is CCCN(CCC)C(=O)c1c(NC(=O)c2cccs2)sc2c1CC[C@@H](C)C2. The minimum Gasteiger partial charge on any atom is -0.339 e. The molecule has 1 aliphatic rings. The smallest absolute Gasteiger partial charge is 0.266 e. The van der Waals surface area contributed by atoms with Gasteiger partial charge in [0.25, 0.3) is 11.8 Å². The van der Waals surface area contributed by atoms with E-state index in [9.17, 15) is 9.59 Å². The van der Waals surface area contributed by atoms with Gasteiger partial charge in [0.2, 0.25) is 0 Å². The summed E-state index contributed by atoms with van der Waals surface area (Å²) in [5, 5.41) is 5.67. The topological polar surface area (TPSA) is 49.4 Å². The minimum absolute atomic E-state index is 0.0761. The quantitative estimate of drug-likeness (QED) is 0.667. The lowest BCUT2D eigenvalue weighted by molar-refractivity contribution is 0.0755. The van der Waals surface area contributed by atoms with Crippen LogP contribution in [0.4, 0.5) is 5.00 Å². The molecule has 0 radical (unpaired) electrons. The molecule has 0 unspecified atom stereocenters. The van der Waals surface area contributed by atoms with Crippen LogP contribution in [-0.2, 0) is 12.8 Å². The van der Waals surface area contributed by atoms with Crippen LogP contribution >= 0.6 is 22.7 Å². The fourth-order valence-corrected chi connectivity index (χ4v) is 5.67. The molecule has 1 atom stereocenters. The molecule has 1 aliphatic carbocycles. The second-order valence-corrected chi connectivity index (χ2v) is 9.33. The molecule has 2 aromatic rings. The van der Waals surface area contributed by atoms with Crippen molar-refractivity contribution < 1.29 is 9.59 Å². The summed E-state index contributed by atoms with van der Waals surface area (Å²) < 4.78 is 0. The maximum atomic E-state index is 13.4.